The number of carbonyl (C=O) groups excluding carboxylic acids is 1. The highest BCUT2D eigenvalue weighted by Crippen LogP contribution is 2.24. The number of aliphatic hydroxyl groups is 1. The molecule has 2 aliphatic rings. The summed E-state index contributed by atoms with van der Waals surface area (Å²) in [6, 6.07) is 4.21. The largest absolute Gasteiger partial charge is 0.393 e. The second-order valence-electron chi connectivity index (χ2n) is 6.63. The maximum atomic E-state index is 12.6. The first-order valence-corrected chi connectivity index (χ1v) is 9.26. The predicted octanol–water partition coefficient (Wildman–Crippen LogP) is 2.48. The average molecular weight is 382 g/mol. The zero-order chi connectivity index (χ0) is 16.2. The van der Waals surface area contributed by atoms with E-state index in [1.165, 1.54) is 0 Å². The highest BCUT2D eigenvalue weighted by atomic mass is 79.9. The molecule has 2 N–H and O–H groups in total. The summed E-state index contributed by atoms with van der Waals surface area (Å²) in [5, 5.41) is 12.7. The van der Waals surface area contributed by atoms with Gasteiger partial charge in [0, 0.05) is 29.8 Å². The highest BCUT2D eigenvalue weighted by molar-refractivity contribution is 9.10. The van der Waals surface area contributed by atoms with Gasteiger partial charge in [0.15, 0.2) is 0 Å². The number of anilines is 1. The summed E-state index contributed by atoms with van der Waals surface area (Å²) in [7, 11) is 0. The molecule has 6 heteroatoms. The average Bonchev–Trinajstić information content (AvgIpc) is 2.58. The Morgan fingerprint density at radius 3 is 2.74 bits per heavy atom. The van der Waals surface area contributed by atoms with E-state index in [4.69, 9.17) is 0 Å². The summed E-state index contributed by atoms with van der Waals surface area (Å²) >= 11 is 3.40. The van der Waals surface area contributed by atoms with E-state index in [-0.39, 0.29) is 24.0 Å². The third-order valence-corrected chi connectivity index (χ3v) is 5.34. The molecule has 1 unspecified atom stereocenters. The lowest BCUT2D eigenvalue weighted by Crippen LogP contribution is -2.47. The molecular formula is C17H24BrN3O2. The molecular weight excluding hydrogens is 358 g/mol. The van der Waals surface area contributed by atoms with Gasteiger partial charge in [0.05, 0.1) is 12.0 Å². The van der Waals surface area contributed by atoms with Gasteiger partial charge in [0.25, 0.3) is 0 Å². The fourth-order valence-electron chi connectivity index (χ4n) is 3.49. The summed E-state index contributed by atoms with van der Waals surface area (Å²) in [6.07, 6.45) is 6.93. The summed E-state index contributed by atoms with van der Waals surface area (Å²) in [5.41, 5.74) is 0. The van der Waals surface area contributed by atoms with Gasteiger partial charge < -0.3 is 15.3 Å². The van der Waals surface area contributed by atoms with E-state index >= 15 is 0 Å². The molecule has 23 heavy (non-hydrogen) atoms. The minimum absolute atomic E-state index is 0.0287. The summed E-state index contributed by atoms with van der Waals surface area (Å²) in [4.78, 5) is 19.2. The number of hydrogen-bond acceptors (Lipinski definition) is 4. The molecule has 1 aliphatic carbocycles. The van der Waals surface area contributed by atoms with Gasteiger partial charge in [-0.2, -0.15) is 0 Å². The second kappa shape index (κ2) is 7.62. The lowest BCUT2D eigenvalue weighted by molar-refractivity contribution is -0.126. The SMILES string of the molecule is O=C(NC1CCC(O)CC1)C1CCCN(c2ccc(Br)cn2)C1. The van der Waals surface area contributed by atoms with E-state index < -0.39 is 0 Å². The van der Waals surface area contributed by atoms with Crippen molar-refractivity contribution in [1.29, 1.82) is 0 Å². The standard InChI is InChI=1S/C17H24BrN3O2/c18-13-3-8-16(19-10-13)21-9-1-2-12(11-21)17(23)20-14-4-6-15(22)7-5-14/h3,8,10,12,14-15,22H,1-2,4-7,9,11H2,(H,20,23). The van der Waals surface area contributed by atoms with Crippen LogP contribution in [0.5, 0.6) is 0 Å². The third-order valence-electron chi connectivity index (χ3n) is 4.87. The lowest BCUT2D eigenvalue weighted by atomic mass is 9.91. The molecule has 126 valence electrons. The third kappa shape index (κ3) is 4.44. The highest BCUT2D eigenvalue weighted by Gasteiger charge is 2.29. The Kier molecular flexibility index (Phi) is 5.54. The molecule has 0 aromatic carbocycles. The fourth-order valence-corrected chi connectivity index (χ4v) is 3.73. The number of nitrogens with zero attached hydrogens (tertiary/aromatic N) is 2. The monoisotopic (exact) mass is 381 g/mol. The van der Waals surface area contributed by atoms with E-state index in [1.807, 2.05) is 12.1 Å². The zero-order valence-corrected chi connectivity index (χ0v) is 14.8. The maximum absolute atomic E-state index is 12.6. The number of amides is 1. The van der Waals surface area contributed by atoms with Crippen LogP contribution < -0.4 is 10.2 Å². The molecule has 1 amide bonds. The van der Waals surface area contributed by atoms with Gasteiger partial charge in [-0.05, 0) is 66.6 Å². The predicted molar refractivity (Wildman–Crippen MR) is 93.3 cm³/mol. The van der Waals surface area contributed by atoms with E-state index in [2.05, 4.69) is 31.1 Å². The minimum atomic E-state index is -0.184. The first kappa shape index (κ1) is 16.7. The van der Waals surface area contributed by atoms with Gasteiger partial charge in [-0.15, -0.1) is 0 Å². The number of pyridine rings is 1. The van der Waals surface area contributed by atoms with E-state index in [9.17, 15) is 9.90 Å². The Morgan fingerprint density at radius 2 is 2.04 bits per heavy atom. The zero-order valence-electron chi connectivity index (χ0n) is 13.2. The number of rotatable bonds is 3. The Labute approximate surface area is 145 Å². The van der Waals surface area contributed by atoms with Gasteiger partial charge in [-0.25, -0.2) is 4.98 Å². The number of carbonyl (C=O) groups is 1. The second-order valence-corrected chi connectivity index (χ2v) is 7.55. The maximum Gasteiger partial charge on any atom is 0.225 e. The van der Waals surface area contributed by atoms with Gasteiger partial charge in [0.1, 0.15) is 5.82 Å². The molecule has 2 fully saturated rings. The van der Waals surface area contributed by atoms with Crippen molar-refractivity contribution in [1.82, 2.24) is 10.3 Å². The molecule has 1 aliphatic heterocycles. The van der Waals surface area contributed by atoms with Crippen LogP contribution in [0, 0.1) is 5.92 Å². The van der Waals surface area contributed by atoms with Gasteiger partial charge in [0.2, 0.25) is 5.91 Å². The molecule has 1 saturated heterocycles. The van der Waals surface area contributed by atoms with Crippen LogP contribution in [0.15, 0.2) is 22.8 Å². The molecule has 1 saturated carbocycles. The van der Waals surface area contributed by atoms with Gasteiger partial charge in [-0.3, -0.25) is 4.79 Å². The Hall–Kier alpha value is -1.14. The van der Waals surface area contributed by atoms with Crippen LogP contribution in [0.1, 0.15) is 38.5 Å². The van der Waals surface area contributed by atoms with Crippen LogP contribution in [-0.2, 0) is 4.79 Å². The van der Waals surface area contributed by atoms with Gasteiger partial charge in [-0.1, -0.05) is 0 Å². The van der Waals surface area contributed by atoms with E-state index in [0.29, 0.717) is 0 Å². The molecule has 0 bridgehead atoms. The number of halogens is 1. The first-order chi connectivity index (χ1) is 11.1. The Morgan fingerprint density at radius 1 is 1.26 bits per heavy atom. The molecule has 1 aromatic rings. The van der Waals surface area contributed by atoms with Crippen molar-refractivity contribution in [3.05, 3.63) is 22.8 Å². The first-order valence-electron chi connectivity index (χ1n) is 8.47. The number of nitrogens with one attached hydrogen (secondary N) is 1. The van der Waals surface area contributed by atoms with Crippen LogP contribution in [0.25, 0.3) is 0 Å². The minimum Gasteiger partial charge on any atom is -0.393 e. The number of piperidine rings is 1. The van der Waals surface area contributed by atoms with E-state index in [1.54, 1.807) is 6.20 Å². The van der Waals surface area contributed by atoms with Crippen LogP contribution in [0.3, 0.4) is 0 Å². The Balaban J connectivity index is 1.55. The molecule has 0 radical (unpaired) electrons. The molecule has 2 heterocycles. The summed E-state index contributed by atoms with van der Waals surface area (Å²) < 4.78 is 0.965. The molecule has 1 atom stereocenters. The fraction of sp³-hybridized carbons (Fsp3) is 0.647. The van der Waals surface area contributed by atoms with Crippen LogP contribution in [0.4, 0.5) is 5.82 Å². The van der Waals surface area contributed by atoms with Gasteiger partial charge >= 0.3 is 0 Å². The molecule has 3 rings (SSSR count). The van der Waals surface area contributed by atoms with Crippen LogP contribution >= 0.6 is 15.9 Å². The van der Waals surface area contributed by atoms with Crippen molar-refractivity contribution in [3.8, 4) is 0 Å². The number of hydrogen-bond donors (Lipinski definition) is 2. The van der Waals surface area contributed by atoms with Crippen molar-refractivity contribution in [3.63, 3.8) is 0 Å². The van der Waals surface area contributed by atoms with Crippen molar-refractivity contribution in [2.45, 2.75) is 50.7 Å². The topological polar surface area (TPSA) is 65.5 Å². The van der Waals surface area contributed by atoms with Crippen molar-refractivity contribution in [2.24, 2.45) is 5.92 Å². The molecule has 1 aromatic heterocycles. The normalized spacial score (nSPS) is 28.4. The van der Waals surface area contributed by atoms with Crippen molar-refractivity contribution in [2.75, 3.05) is 18.0 Å². The number of aromatic nitrogens is 1. The summed E-state index contributed by atoms with van der Waals surface area (Å²) in [5.74, 6) is 1.13. The van der Waals surface area contributed by atoms with Crippen LogP contribution in [-0.4, -0.2) is 41.2 Å². The van der Waals surface area contributed by atoms with Crippen molar-refractivity contribution >= 4 is 27.7 Å². The number of aliphatic hydroxyl groups excluding tert-OH is 1. The van der Waals surface area contributed by atoms with Crippen LogP contribution in [0.2, 0.25) is 0 Å². The smallest absolute Gasteiger partial charge is 0.225 e. The lowest BCUT2D eigenvalue weighted by Gasteiger charge is -2.34. The summed E-state index contributed by atoms with van der Waals surface area (Å²) in [6.45, 7) is 1.68. The molecule has 5 nitrogen and oxygen atoms in total. The Bertz CT molecular complexity index is 529. The van der Waals surface area contributed by atoms with E-state index in [0.717, 1.165) is 61.9 Å². The quantitative estimate of drug-likeness (QED) is 0.843. The van der Waals surface area contributed by atoms with Crippen molar-refractivity contribution < 1.29 is 9.90 Å². The molecule has 0 spiro atoms.